The highest BCUT2D eigenvalue weighted by Crippen LogP contribution is 2.11. The molecule has 1 heterocycles. The molecule has 0 bridgehead atoms. The second kappa shape index (κ2) is 5.14. The molecule has 98 valence electrons. The zero-order chi connectivity index (χ0) is 13.1. The highest BCUT2D eigenvalue weighted by atomic mass is 16.5. The van der Waals surface area contributed by atoms with E-state index in [1.54, 1.807) is 4.68 Å². The highest BCUT2D eigenvalue weighted by Gasteiger charge is 2.13. The van der Waals surface area contributed by atoms with Crippen LogP contribution in [0.25, 0.3) is 0 Å². The maximum absolute atomic E-state index is 5.62. The van der Waals surface area contributed by atoms with E-state index in [-0.39, 0.29) is 11.2 Å². The van der Waals surface area contributed by atoms with Crippen LogP contribution in [0.5, 0.6) is 0 Å². The van der Waals surface area contributed by atoms with Gasteiger partial charge in [0, 0.05) is 0 Å². The quantitative estimate of drug-likeness (QED) is 0.812. The van der Waals surface area contributed by atoms with Gasteiger partial charge in [-0.25, -0.2) is 4.68 Å². The largest absolute Gasteiger partial charge is 0.369 e. The van der Waals surface area contributed by atoms with Gasteiger partial charge in [0.25, 0.3) is 0 Å². The van der Waals surface area contributed by atoms with Crippen LogP contribution in [0.3, 0.4) is 0 Å². The van der Waals surface area contributed by atoms with E-state index in [1.165, 1.54) is 0 Å². The number of aromatic nitrogens is 3. The molecular weight excluding hydrogens is 218 g/mol. The van der Waals surface area contributed by atoms with Crippen molar-refractivity contribution in [3.8, 4) is 0 Å². The average molecular weight is 241 g/mol. The van der Waals surface area contributed by atoms with Gasteiger partial charge < -0.3 is 9.47 Å². The van der Waals surface area contributed by atoms with Crippen LogP contribution in [0.15, 0.2) is 6.20 Å². The van der Waals surface area contributed by atoms with Crippen LogP contribution >= 0.6 is 0 Å². The lowest BCUT2D eigenvalue weighted by molar-refractivity contribution is -0.0486. The smallest absolute Gasteiger partial charge is 0.141 e. The van der Waals surface area contributed by atoms with E-state index in [4.69, 9.17) is 9.47 Å². The molecule has 5 heteroatoms. The number of rotatable bonds is 4. The molecule has 0 unspecified atom stereocenters. The first-order chi connectivity index (χ1) is 7.66. The minimum absolute atomic E-state index is 0.161. The molecule has 0 amide bonds. The summed E-state index contributed by atoms with van der Waals surface area (Å²) in [7, 11) is 0. The average Bonchev–Trinajstić information content (AvgIpc) is 2.57. The summed E-state index contributed by atoms with van der Waals surface area (Å²) >= 11 is 0. The van der Waals surface area contributed by atoms with E-state index in [0.717, 1.165) is 5.69 Å². The molecule has 0 spiro atoms. The first-order valence-corrected chi connectivity index (χ1v) is 5.83. The summed E-state index contributed by atoms with van der Waals surface area (Å²) in [6, 6.07) is 0. The topological polar surface area (TPSA) is 49.2 Å². The summed E-state index contributed by atoms with van der Waals surface area (Å²) in [5.74, 6) is 0. The van der Waals surface area contributed by atoms with Gasteiger partial charge in [-0.2, -0.15) is 0 Å². The number of nitrogens with zero attached hydrogens (tertiary/aromatic N) is 3. The normalized spacial score (nSPS) is 13.1. The highest BCUT2D eigenvalue weighted by molar-refractivity contribution is 4.89. The molecule has 0 fully saturated rings. The van der Waals surface area contributed by atoms with Gasteiger partial charge in [0.2, 0.25) is 0 Å². The third-order valence-electron chi connectivity index (χ3n) is 1.87. The molecule has 17 heavy (non-hydrogen) atoms. The lowest BCUT2D eigenvalue weighted by Crippen LogP contribution is -2.21. The summed E-state index contributed by atoms with van der Waals surface area (Å²) in [5.41, 5.74) is 0.483. The second-order valence-corrected chi connectivity index (χ2v) is 6.04. The molecule has 0 N–H and O–H groups in total. The summed E-state index contributed by atoms with van der Waals surface area (Å²) in [4.78, 5) is 0. The fourth-order valence-electron chi connectivity index (χ4n) is 1.02. The van der Waals surface area contributed by atoms with Crippen molar-refractivity contribution in [2.45, 2.75) is 66.1 Å². The first kappa shape index (κ1) is 14.1. The lowest BCUT2D eigenvalue weighted by Gasteiger charge is -2.19. The van der Waals surface area contributed by atoms with Crippen LogP contribution in [0.4, 0.5) is 0 Å². The standard InChI is InChI=1S/C12H23N3O2/c1-11(2,3)16-8-10-7-15(14-13-10)9-17-12(4,5)6/h7H,8-9H2,1-6H3. The van der Waals surface area contributed by atoms with E-state index in [1.807, 2.05) is 47.7 Å². The monoisotopic (exact) mass is 241 g/mol. The van der Waals surface area contributed by atoms with Gasteiger partial charge in [0.05, 0.1) is 24.0 Å². The number of ether oxygens (including phenoxy) is 2. The fraction of sp³-hybridized carbons (Fsp3) is 0.833. The zero-order valence-corrected chi connectivity index (χ0v) is 11.6. The van der Waals surface area contributed by atoms with Crippen molar-refractivity contribution in [2.75, 3.05) is 0 Å². The molecule has 0 radical (unpaired) electrons. The SMILES string of the molecule is CC(C)(C)OCc1cn(COC(C)(C)C)nn1. The van der Waals surface area contributed by atoms with Gasteiger partial charge in [-0.05, 0) is 41.5 Å². The van der Waals surface area contributed by atoms with Gasteiger partial charge in [0.1, 0.15) is 12.4 Å². The molecule has 0 aromatic carbocycles. The first-order valence-electron chi connectivity index (χ1n) is 5.83. The van der Waals surface area contributed by atoms with E-state index in [9.17, 15) is 0 Å². The Morgan fingerprint density at radius 1 is 1.06 bits per heavy atom. The fourth-order valence-corrected chi connectivity index (χ4v) is 1.02. The summed E-state index contributed by atoms with van der Waals surface area (Å²) in [6.07, 6.45) is 1.84. The predicted molar refractivity (Wildman–Crippen MR) is 65.4 cm³/mol. The Morgan fingerprint density at radius 2 is 1.65 bits per heavy atom. The van der Waals surface area contributed by atoms with E-state index >= 15 is 0 Å². The van der Waals surface area contributed by atoms with Crippen LogP contribution in [-0.4, -0.2) is 26.2 Å². The van der Waals surface area contributed by atoms with Crippen LogP contribution in [0, 0.1) is 0 Å². The van der Waals surface area contributed by atoms with Crippen molar-refractivity contribution in [3.05, 3.63) is 11.9 Å². The maximum atomic E-state index is 5.62. The van der Waals surface area contributed by atoms with Crippen molar-refractivity contribution < 1.29 is 9.47 Å². The van der Waals surface area contributed by atoms with Gasteiger partial charge in [-0.1, -0.05) is 5.21 Å². The molecule has 0 aliphatic heterocycles. The minimum atomic E-state index is -0.173. The van der Waals surface area contributed by atoms with E-state index < -0.39 is 0 Å². The number of hydrogen-bond acceptors (Lipinski definition) is 4. The Balaban J connectivity index is 2.43. The van der Waals surface area contributed by atoms with Gasteiger partial charge in [-0.15, -0.1) is 5.10 Å². The molecule has 0 aliphatic rings. The summed E-state index contributed by atoms with van der Waals surface area (Å²) in [5, 5.41) is 8.01. The summed E-state index contributed by atoms with van der Waals surface area (Å²) < 4.78 is 12.9. The van der Waals surface area contributed by atoms with Crippen molar-refractivity contribution in [1.82, 2.24) is 15.0 Å². The van der Waals surface area contributed by atoms with E-state index in [2.05, 4.69) is 10.3 Å². The minimum Gasteiger partial charge on any atom is -0.369 e. The van der Waals surface area contributed by atoms with Crippen molar-refractivity contribution in [1.29, 1.82) is 0 Å². The van der Waals surface area contributed by atoms with Crippen LogP contribution < -0.4 is 0 Å². The third kappa shape index (κ3) is 6.38. The zero-order valence-electron chi connectivity index (χ0n) is 11.6. The lowest BCUT2D eigenvalue weighted by atomic mass is 10.2. The molecule has 1 aromatic heterocycles. The third-order valence-corrected chi connectivity index (χ3v) is 1.87. The number of hydrogen-bond donors (Lipinski definition) is 0. The molecule has 0 saturated heterocycles. The van der Waals surface area contributed by atoms with Gasteiger partial charge in [0.15, 0.2) is 0 Å². The van der Waals surface area contributed by atoms with Crippen LogP contribution in [0.1, 0.15) is 47.2 Å². The summed E-state index contributed by atoms with van der Waals surface area (Å²) in [6.45, 7) is 12.9. The van der Waals surface area contributed by atoms with Crippen LogP contribution in [-0.2, 0) is 22.8 Å². The molecule has 1 aromatic rings. The van der Waals surface area contributed by atoms with Crippen molar-refractivity contribution in [3.63, 3.8) is 0 Å². The van der Waals surface area contributed by atoms with Crippen molar-refractivity contribution >= 4 is 0 Å². The molecular formula is C12H23N3O2. The molecule has 0 atom stereocenters. The van der Waals surface area contributed by atoms with Gasteiger partial charge >= 0.3 is 0 Å². The Labute approximate surface area is 103 Å². The van der Waals surface area contributed by atoms with Crippen LogP contribution in [0.2, 0.25) is 0 Å². The Hall–Kier alpha value is -0.940. The Kier molecular flexibility index (Phi) is 4.27. The molecule has 5 nitrogen and oxygen atoms in total. The maximum Gasteiger partial charge on any atom is 0.141 e. The molecule has 0 aliphatic carbocycles. The second-order valence-electron chi connectivity index (χ2n) is 6.04. The molecule has 0 saturated carbocycles. The molecule has 1 rings (SSSR count). The Morgan fingerprint density at radius 3 is 2.18 bits per heavy atom. The van der Waals surface area contributed by atoms with E-state index in [0.29, 0.717) is 13.3 Å². The van der Waals surface area contributed by atoms with Crippen molar-refractivity contribution in [2.24, 2.45) is 0 Å². The van der Waals surface area contributed by atoms with Gasteiger partial charge in [-0.3, -0.25) is 0 Å². The predicted octanol–water partition coefficient (Wildman–Crippen LogP) is 2.37. The Bertz CT molecular complexity index is 315.